The summed E-state index contributed by atoms with van der Waals surface area (Å²) in [5.41, 5.74) is 10.8. The van der Waals surface area contributed by atoms with Crippen molar-refractivity contribution in [2.75, 3.05) is 19.8 Å². The van der Waals surface area contributed by atoms with Crippen molar-refractivity contribution in [1.29, 1.82) is 0 Å². The quantitative estimate of drug-likeness (QED) is 0.0429. The lowest BCUT2D eigenvalue weighted by Gasteiger charge is -2.30. The lowest BCUT2D eigenvalue weighted by molar-refractivity contribution is -0.136. The Bertz CT molecular complexity index is 1230. The summed E-state index contributed by atoms with van der Waals surface area (Å²) < 4.78 is 0. The summed E-state index contributed by atoms with van der Waals surface area (Å²) in [6, 6.07) is -8.48. The number of carbonyl (C=O) groups is 8. The van der Waals surface area contributed by atoms with Gasteiger partial charge in [-0.2, -0.15) is 0 Å². The van der Waals surface area contributed by atoms with Gasteiger partial charge in [0.25, 0.3) is 0 Å². The van der Waals surface area contributed by atoms with Gasteiger partial charge in [0.15, 0.2) is 0 Å². The van der Waals surface area contributed by atoms with E-state index in [-0.39, 0.29) is 6.42 Å². The Hall–Kier alpha value is -4.36. The number of unbranched alkanes of at least 4 members (excludes halogenated alkanes) is 1. The number of nitrogens with one attached hydrogen (secondary N) is 7. The van der Waals surface area contributed by atoms with Gasteiger partial charge < -0.3 is 58.9 Å². The lowest BCUT2D eigenvalue weighted by atomic mass is 9.96. The van der Waals surface area contributed by atoms with Crippen molar-refractivity contribution in [2.45, 2.75) is 123 Å². The molecule has 0 aliphatic rings. The van der Waals surface area contributed by atoms with E-state index in [4.69, 9.17) is 11.5 Å². The molecule has 8 amide bonds. The zero-order chi connectivity index (χ0) is 40.3. The first-order chi connectivity index (χ1) is 24.2. The second-order valence-corrected chi connectivity index (χ2v) is 13.5. The minimum absolute atomic E-state index is 0.137. The molecule has 0 bridgehead atoms. The number of aliphatic hydroxyl groups is 2. The van der Waals surface area contributed by atoms with Gasteiger partial charge in [-0.25, -0.2) is 0 Å². The van der Waals surface area contributed by atoms with Crippen LogP contribution in [0.4, 0.5) is 0 Å². The molecule has 8 atom stereocenters. The number of carbonyl (C=O) groups excluding carboxylic acids is 8. The number of primary amides is 1. The smallest absolute Gasteiger partial charge is 0.245 e. The van der Waals surface area contributed by atoms with E-state index in [0.717, 1.165) is 0 Å². The van der Waals surface area contributed by atoms with Gasteiger partial charge in [0.1, 0.15) is 42.3 Å². The molecule has 0 saturated heterocycles. The van der Waals surface area contributed by atoms with E-state index in [1.54, 1.807) is 41.5 Å². The molecule has 0 fully saturated rings. The molecule has 0 rings (SSSR count). The normalized spacial score (nSPS) is 15.8. The fraction of sp³-hybridized carbons (Fsp3) is 0.758. The third-order valence-corrected chi connectivity index (χ3v) is 8.34. The minimum Gasteiger partial charge on any atom is -0.394 e. The van der Waals surface area contributed by atoms with E-state index < -0.39 is 121 Å². The minimum atomic E-state index is -1.37. The Labute approximate surface area is 305 Å². The first-order valence-corrected chi connectivity index (χ1v) is 17.6. The highest BCUT2D eigenvalue weighted by Crippen LogP contribution is 2.12. The fourth-order valence-corrected chi connectivity index (χ4v) is 4.86. The first-order valence-electron chi connectivity index (χ1n) is 17.6. The van der Waals surface area contributed by atoms with Gasteiger partial charge in [-0.1, -0.05) is 48.0 Å². The largest absolute Gasteiger partial charge is 0.394 e. The predicted octanol–water partition coefficient (Wildman–Crippen LogP) is -3.62. The van der Waals surface area contributed by atoms with E-state index in [2.05, 4.69) is 37.2 Å². The summed E-state index contributed by atoms with van der Waals surface area (Å²) >= 11 is 0. The maximum atomic E-state index is 13.6. The molecular formula is C33H61N9O10. The summed E-state index contributed by atoms with van der Waals surface area (Å²) in [4.78, 5) is 102. The molecule has 0 aliphatic carbocycles. The zero-order valence-corrected chi connectivity index (χ0v) is 31.5. The molecule has 52 heavy (non-hydrogen) atoms. The van der Waals surface area contributed by atoms with Crippen LogP contribution in [0.25, 0.3) is 0 Å². The van der Waals surface area contributed by atoms with Crippen LogP contribution < -0.4 is 48.7 Å². The van der Waals surface area contributed by atoms with Crippen molar-refractivity contribution < 1.29 is 48.6 Å². The molecule has 0 unspecified atom stereocenters. The molecule has 19 heteroatoms. The van der Waals surface area contributed by atoms with Crippen LogP contribution >= 0.6 is 0 Å². The zero-order valence-electron chi connectivity index (χ0n) is 31.5. The van der Waals surface area contributed by atoms with Crippen molar-refractivity contribution >= 4 is 47.3 Å². The highest BCUT2D eigenvalue weighted by atomic mass is 16.3. The second-order valence-electron chi connectivity index (χ2n) is 13.5. The molecule has 13 N–H and O–H groups in total. The van der Waals surface area contributed by atoms with Crippen LogP contribution in [0.15, 0.2) is 0 Å². The predicted molar refractivity (Wildman–Crippen MR) is 190 cm³/mol. The number of rotatable bonds is 24. The van der Waals surface area contributed by atoms with Gasteiger partial charge in [0.05, 0.1) is 13.2 Å². The Kier molecular flexibility index (Phi) is 22.0. The van der Waals surface area contributed by atoms with Gasteiger partial charge in [-0.05, 0) is 50.5 Å². The van der Waals surface area contributed by atoms with Gasteiger partial charge >= 0.3 is 0 Å². The summed E-state index contributed by atoms with van der Waals surface area (Å²) in [7, 11) is 0. The number of aliphatic hydroxyl groups excluding tert-OH is 2. The van der Waals surface area contributed by atoms with Crippen LogP contribution in [0.2, 0.25) is 0 Å². The average Bonchev–Trinajstić information content (AvgIpc) is 3.07. The van der Waals surface area contributed by atoms with Gasteiger partial charge in [-0.15, -0.1) is 0 Å². The third-order valence-electron chi connectivity index (χ3n) is 8.34. The van der Waals surface area contributed by atoms with Crippen LogP contribution in [0, 0.1) is 17.8 Å². The van der Waals surface area contributed by atoms with Crippen LogP contribution in [-0.4, -0.2) is 120 Å². The third kappa shape index (κ3) is 16.3. The number of hydrogen-bond donors (Lipinski definition) is 11. The maximum absolute atomic E-state index is 13.6. The molecular weight excluding hydrogens is 682 g/mol. The second kappa shape index (κ2) is 24.0. The molecule has 0 aromatic heterocycles. The van der Waals surface area contributed by atoms with E-state index >= 15 is 0 Å². The maximum Gasteiger partial charge on any atom is 0.245 e. The fourth-order valence-electron chi connectivity index (χ4n) is 4.86. The monoisotopic (exact) mass is 743 g/mol. The molecule has 0 heterocycles. The van der Waals surface area contributed by atoms with E-state index in [1.165, 1.54) is 13.8 Å². The summed E-state index contributed by atoms with van der Waals surface area (Å²) in [5, 5.41) is 36.4. The SMILES string of the molecule is CC[C@H](C)[C@H](NC(=O)[C@H](CO)NC(C)=O)C(=O)N[C@@H](CCCCN)C(=O)N[C@H](C(=O)N[C@@H](C)C(=O)N[C@H](C(=O)N[C@@H](CO)C(N)=O)C(C)C)C(C)C. The highest BCUT2D eigenvalue weighted by Gasteiger charge is 2.35. The number of hydrogen-bond acceptors (Lipinski definition) is 11. The lowest BCUT2D eigenvalue weighted by Crippen LogP contribution is -2.61. The topological polar surface area (TPSA) is 313 Å². The number of nitrogens with two attached hydrogens (primary N) is 2. The molecule has 19 nitrogen and oxygen atoms in total. The first kappa shape index (κ1) is 47.6. The summed E-state index contributed by atoms with van der Waals surface area (Å²) in [6.07, 6.45) is 1.55. The Morgan fingerprint density at radius 1 is 0.558 bits per heavy atom. The van der Waals surface area contributed by atoms with E-state index in [0.29, 0.717) is 25.8 Å². The standard InChI is InChI=1S/C33H61N9O10/c1-9-18(6)26(42-30(49)23(15-44)37-20(8)45)33(52)38-21(12-10-11-13-34)29(48)41-24(16(2)3)31(50)36-19(7)28(47)40-25(17(4)5)32(51)39-22(14-43)27(35)46/h16-19,21-26,43-44H,9-15,34H2,1-8H3,(H2,35,46)(H,36,50)(H,37,45)(H,38,52)(H,39,51)(H,40,47)(H,41,48)(H,42,49)/t18-,19-,21-,22-,23-,24-,25-,26-/m0/s1. The molecule has 0 aliphatic heterocycles. The van der Waals surface area contributed by atoms with Crippen molar-refractivity contribution in [3.05, 3.63) is 0 Å². The molecule has 0 saturated carbocycles. The van der Waals surface area contributed by atoms with Crippen molar-refractivity contribution in [1.82, 2.24) is 37.2 Å². The Morgan fingerprint density at radius 2 is 1.00 bits per heavy atom. The van der Waals surface area contributed by atoms with Crippen LogP contribution in [-0.2, 0) is 38.4 Å². The van der Waals surface area contributed by atoms with Gasteiger partial charge in [0.2, 0.25) is 47.3 Å². The van der Waals surface area contributed by atoms with Gasteiger partial charge in [0, 0.05) is 6.92 Å². The Morgan fingerprint density at radius 3 is 1.44 bits per heavy atom. The van der Waals surface area contributed by atoms with Gasteiger partial charge in [-0.3, -0.25) is 38.4 Å². The van der Waals surface area contributed by atoms with E-state index in [1.807, 2.05) is 0 Å². The van der Waals surface area contributed by atoms with E-state index in [9.17, 15) is 48.6 Å². The molecule has 0 aromatic rings. The van der Waals surface area contributed by atoms with Crippen molar-refractivity contribution in [2.24, 2.45) is 29.2 Å². The molecule has 0 radical (unpaired) electrons. The number of amides is 8. The molecule has 298 valence electrons. The van der Waals surface area contributed by atoms with Crippen LogP contribution in [0.5, 0.6) is 0 Å². The van der Waals surface area contributed by atoms with Crippen LogP contribution in [0.1, 0.15) is 81.1 Å². The highest BCUT2D eigenvalue weighted by molar-refractivity contribution is 5.97. The Balaban J connectivity index is 5.97. The van der Waals surface area contributed by atoms with Crippen molar-refractivity contribution in [3.8, 4) is 0 Å². The van der Waals surface area contributed by atoms with Crippen molar-refractivity contribution in [3.63, 3.8) is 0 Å². The molecule has 0 spiro atoms. The summed E-state index contributed by atoms with van der Waals surface area (Å²) in [5.74, 6) is -7.35. The average molecular weight is 744 g/mol. The van der Waals surface area contributed by atoms with Crippen LogP contribution in [0.3, 0.4) is 0 Å². The molecule has 0 aromatic carbocycles. The summed E-state index contributed by atoms with van der Waals surface area (Å²) in [6.45, 7) is 11.5.